The van der Waals surface area contributed by atoms with Crippen LogP contribution in [0.4, 0.5) is 65.9 Å². The van der Waals surface area contributed by atoms with Crippen LogP contribution in [0.15, 0.2) is 0 Å². The number of alkyl halides is 15. The van der Waals surface area contributed by atoms with Gasteiger partial charge in [0.05, 0.1) is 0 Å². The van der Waals surface area contributed by atoms with Crippen LogP contribution in [0.25, 0.3) is 0 Å². The monoisotopic (exact) mass is 386 g/mol. The van der Waals surface area contributed by atoms with Gasteiger partial charge in [0.1, 0.15) is 0 Å². The van der Waals surface area contributed by atoms with Crippen molar-refractivity contribution in [3.8, 4) is 0 Å². The Morgan fingerprint density at radius 2 is 0.870 bits per heavy atom. The average molecular weight is 386 g/mol. The summed E-state index contributed by atoms with van der Waals surface area (Å²) in [4.78, 5) is 0. The predicted molar refractivity (Wildman–Crippen MR) is 37.9 cm³/mol. The highest BCUT2D eigenvalue weighted by atomic mass is 19.4. The van der Waals surface area contributed by atoms with Crippen LogP contribution in [0, 0.1) is 0 Å². The van der Waals surface area contributed by atoms with Crippen LogP contribution in [0.3, 0.4) is 0 Å². The third-order valence-electron chi connectivity index (χ3n) is 1.99. The molecule has 0 radical (unpaired) electrons. The molecule has 0 aliphatic heterocycles. The quantitative estimate of drug-likeness (QED) is 0.624. The standard InChI is InChI=1S/C7HF15O/c8-2(9,5(15,16)17)1(3(10,11)12)23-7(21,22)4(13,14)6(18,19)20/h1H. The summed E-state index contributed by atoms with van der Waals surface area (Å²) in [5, 5.41) is 0. The number of halogens is 15. The molecule has 0 saturated carbocycles. The highest BCUT2D eigenvalue weighted by Crippen LogP contribution is 2.52. The van der Waals surface area contributed by atoms with E-state index in [4.69, 9.17) is 0 Å². The van der Waals surface area contributed by atoms with Crippen LogP contribution in [0.5, 0.6) is 0 Å². The third kappa shape index (κ3) is 4.06. The largest absolute Gasteiger partial charge is 0.462 e. The lowest BCUT2D eigenvalue weighted by Gasteiger charge is -2.35. The average Bonchev–Trinajstić information content (AvgIpc) is 2.20. The molecule has 0 saturated heterocycles. The molecule has 0 aromatic carbocycles. The number of hydrogen-bond acceptors (Lipinski definition) is 1. The van der Waals surface area contributed by atoms with E-state index < -0.39 is 42.6 Å². The first-order valence-corrected chi connectivity index (χ1v) is 4.60. The maximum Gasteiger partial charge on any atom is 0.462 e. The fourth-order valence-corrected chi connectivity index (χ4v) is 0.882. The van der Waals surface area contributed by atoms with Crippen LogP contribution >= 0.6 is 0 Å². The molecule has 140 valence electrons. The maximum atomic E-state index is 12.5. The topological polar surface area (TPSA) is 9.23 Å². The smallest absolute Gasteiger partial charge is 0.296 e. The van der Waals surface area contributed by atoms with E-state index in [-0.39, 0.29) is 0 Å². The zero-order valence-corrected chi connectivity index (χ0v) is 9.66. The SMILES string of the molecule is FC(F)(F)C(OC(F)(F)C(F)(F)C(F)(F)F)C(F)(F)C(F)(F)F. The fraction of sp³-hybridized carbons (Fsp3) is 1.00. The minimum absolute atomic E-state index is 1.59. The van der Waals surface area contributed by atoms with Crippen LogP contribution < -0.4 is 0 Å². The van der Waals surface area contributed by atoms with Crippen molar-refractivity contribution in [2.24, 2.45) is 0 Å². The van der Waals surface area contributed by atoms with E-state index in [1.54, 1.807) is 4.74 Å². The number of ether oxygens (including phenoxy) is 1. The molecule has 0 fully saturated rings. The summed E-state index contributed by atoms with van der Waals surface area (Å²) < 4.78 is 182. The molecule has 0 aliphatic rings. The van der Waals surface area contributed by atoms with E-state index in [2.05, 4.69) is 0 Å². The van der Waals surface area contributed by atoms with E-state index in [1.165, 1.54) is 0 Å². The summed E-state index contributed by atoms with van der Waals surface area (Å²) in [7, 11) is 0. The van der Waals surface area contributed by atoms with Crippen molar-refractivity contribution in [1.29, 1.82) is 0 Å². The van der Waals surface area contributed by atoms with Crippen molar-refractivity contribution in [2.75, 3.05) is 0 Å². The molecule has 1 atom stereocenters. The van der Waals surface area contributed by atoms with Gasteiger partial charge in [0.2, 0.25) is 6.10 Å². The lowest BCUT2D eigenvalue weighted by molar-refractivity contribution is -0.470. The van der Waals surface area contributed by atoms with Crippen LogP contribution in [0.1, 0.15) is 0 Å². The van der Waals surface area contributed by atoms with Gasteiger partial charge in [0.25, 0.3) is 0 Å². The number of hydrogen-bond donors (Lipinski definition) is 0. The second-order valence-electron chi connectivity index (χ2n) is 3.75. The summed E-state index contributed by atoms with van der Waals surface area (Å²) in [6.07, 6.45) is -35.0. The van der Waals surface area contributed by atoms with Gasteiger partial charge in [-0.1, -0.05) is 0 Å². The molecule has 23 heavy (non-hydrogen) atoms. The Labute approximate surface area is 115 Å². The lowest BCUT2D eigenvalue weighted by atomic mass is 10.1. The van der Waals surface area contributed by atoms with E-state index in [0.29, 0.717) is 0 Å². The first-order chi connectivity index (χ1) is 9.59. The third-order valence-corrected chi connectivity index (χ3v) is 1.99. The van der Waals surface area contributed by atoms with E-state index in [9.17, 15) is 65.9 Å². The molecule has 1 unspecified atom stereocenters. The van der Waals surface area contributed by atoms with Crippen molar-refractivity contribution in [3.05, 3.63) is 0 Å². The summed E-state index contributed by atoms with van der Waals surface area (Å²) in [6.45, 7) is 0. The molecule has 0 N–H and O–H groups in total. The molecule has 0 heterocycles. The summed E-state index contributed by atoms with van der Waals surface area (Å²) in [6, 6.07) is 0. The highest BCUT2D eigenvalue weighted by Gasteiger charge is 2.79. The van der Waals surface area contributed by atoms with Gasteiger partial charge < -0.3 is 0 Å². The predicted octanol–water partition coefficient (Wildman–Crippen LogP) is 4.92. The highest BCUT2D eigenvalue weighted by molar-refractivity contribution is 4.94. The minimum atomic E-state index is -7.48. The Kier molecular flexibility index (Phi) is 5.22. The fourth-order valence-electron chi connectivity index (χ4n) is 0.882. The second kappa shape index (κ2) is 5.47. The zero-order chi connectivity index (χ0) is 19.3. The Morgan fingerprint density at radius 1 is 0.522 bits per heavy atom. The van der Waals surface area contributed by atoms with Gasteiger partial charge in [-0.15, -0.1) is 0 Å². The first-order valence-electron chi connectivity index (χ1n) is 4.60. The molecule has 0 aliphatic carbocycles. The molecule has 0 spiro atoms. The summed E-state index contributed by atoms with van der Waals surface area (Å²) >= 11 is 0. The van der Waals surface area contributed by atoms with Gasteiger partial charge in [0.15, 0.2) is 0 Å². The first kappa shape index (κ1) is 21.9. The lowest BCUT2D eigenvalue weighted by Crippen LogP contribution is -2.62. The molecule has 0 amide bonds. The molecule has 0 aromatic heterocycles. The minimum Gasteiger partial charge on any atom is -0.296 e. The molecule has 0 aromatic rings. The Hall–Kier alpha value is -1.09. The van der Waals surface area contributed by atoms with Gasteiger partial charge in [-0.25, -0.2) is 0 Å². The van der Waals surface area contributed by atoms with Crippen molar-refractivity contribution < 1.29 is 70.6 Å². The van der Waals surface area contributed by atoms with Crippen molar-refractivity contribution in [1.82, 2.24) is 0 Å². The van der Waals surface area contributed by atoms with Crippen molar-refractivity contribution in [2.45, 2.75) is 42.6 Å². The molecule has 16 heteroatoms. The zero-order valence-electron chi connectivity index (χ0n) is 9.66. The Balaban J connectivity index is 5.96. The summed E-state index contributed by atoms with van der Waals surface area (Å²) in [5.74, 6) is -14.7. The molecular formula is C7HF15O. The molecular weight excluding hydrogens is 385 g/mol. The van der Waals surface area contributed by atoms with Crippen molar-refractivity contribution in [3.63, 3.8) is 0 Å². The van der Waals surface area contributed by atoms with Crippen molar-refractivity contribution >= 4 is 0 Å². The van der Waals surface area contributed by atoms with Gasteiger partial charge in [-0.05, 0) is 0 Å². The molecule has 0 bridgehead atoms. The maximum absolute atomic E-state index is 12.5. The second-order valence-corrected chi connectivity index (χ2v) is 3.75. The van der Waals surface area contributed by atoms with Gasteiger partial charge in [-0.3, -0.25) is 4.74 Å². The van der Waals surface area contributed by atoms with Crippen LogP contribution in [-0.4, -0.2) is 42.6 Å². The van der Waals surface area contributed by atoms with Crippen LogP contribution in [-0.2, 0) is 4.74 Å². The van der Waals surface area contributed by atoms with E-state index in [0.717, 1.165) is 0 Å². The molecule has 0 rings (SSSR count). The molecule has 1 nitrogen and oxygen atoms in total. The normalized spacial score (nSPS) is 17.3. The van der Waals surface area contributed by atoms with Crippen LogP contribution in [0.2, 0.25) is 0 Å². The Morgan fingerprint density at radius 3 is 1.09 bits per heavy atom. The Bertz CT molecular complexity index is 411. The van der Waals surface area contributed by atoms with Gasteiger partial charge in [-0.2, -0.15) is 65.9 Å². The van der Waals surface area contributed by atoms with E-state index in [1.807, 2.05) is 0 Å². The van der Waals surface area contributed by atoms with Gasteiger partial charge in [0, 0.05) is 0 Å². The summed E-state index contributed by atoms with van der Waals surface area (Å²) in [5.41, 5.74) is 0. The van der Waals surface area contributed by atoms with E-state index >= 15 is 0 Å². The number of rotatable bonds is 4. The van der Waals surface area contributed by atoms with Gasteiger partial charge >= 0.3 is 36.5 Å².